The summed E-state index contributed by atoms with van der Waals surface area (Å²) in [6.07, 6.45) is 9.09. The molecule has 1 amide bonds. The first-order valence-electron chi connectivity index (χ1n) is 8.26. The Morgan fingerprint density at radius 1 is 1.00 bits per heavy atom. The highest BCUT2D eigenvalue weighted by molar-refractivity contribution is 5.86. The van der Waals surface area contributed by atoms with Crippen LogP contribution in [0, 0.1) is 17.8 Å². The summed E-state index contributed by atoms with van der Waals surface area (Å²) in [5.74, 6) is 2.64. The third kappa shape index (κ3) is 2.08. The molecular formula is C16H26N2O2. The lowest BCUT2D eigenvalue weighted by Gasteiger charge is -2.57. The van der Waals surface area contributed by atoms with E-state index in [-0.39, 0.29) is 11.4 Å². The molecule has 4 heteroatoms. The van der Waals surface area contributed by atoms with E-state index in [0.29, 0.717) is 26.1 Å². The number of carbonyl (C=O) groups is 1. The van der Waals surface area contributed by atoms with Crippen LogP contribution in [0.1, 0.15) is 51.4 Å². The molecule has 5 rings (SSSR count). The number of rotatable bonds is 2. The molecule has 5 fully saturated rings. The summed E-state index contributed by atoms with van der Waals surface area (Å²) < 4.78 is 5.35. The minimum atomic E-state index is -0.693. The van der Waals surface area contributed by atoms with E-state index in [9.17, 15) is 4.79 Å². The molecule has 1 heterocycles. The maximum absolute atomic E-state index is 12.7. The van der Waals surface area contributed by atoms with Crippen molar-refractivity contribution >= 4 is 5.91 Å². The standard InChI is InChI=1S/C16H26N2O2/c17-16(1-3-20-4-2-16)14(19)18-15-8-11-5-12(9-15)7-13(6-11)10-15/h11-13H,1-10,17H2,(H,18,19). The molecule has 1 saturated heterocycles. The molecule has 0 radical (unpaired) electrons. The fourth-order valence-corrected chi connectivity index (χ4v) is 5.59. The van der Waals surface area contributed by atoms with Crippen LogP contribution in [0.3, 0.4) is 0 Å². The molecule has 1 aliphatic heterocycles. The van der Waals surface area contributed by atoms with Crippen molar-refractivity contribution in [2.45, 2.75) is 62.4 Å². The number of nitrogens with two attached hydrogens (primary N) is 1. The zero-order valence-electron chi connectivity index (χ0n) is 12.2. The van der Waals surface area contributed by atoms with Crippen molar-refractivity contribution in [2.24, 2.45) is 23.5 Å². The van der Waals surface area contributed by atoms with Crippen LogP contribution < -0.4 is 11.1 Å². The Kier molecular flexibility index (Phi) is 2.90. The second-order valence-electron chi connectivity index (χ2n) is 7.92. The zero-order chi connectivity index (χ0) is 13.8. The number of ether oxygens (including phenoxy) is 1. The quantitative estimate of drug-likeness (QED) is 0.806. The van der Waals surface area contributed by atoms with Crippen molar-refractivity contribution < 1.29 is 9.53 Å². The van der Waals surface area contributed by atoms with Crippen LogP contribution in [-0.2, 0) is 9.53 Å². The van der Waals surface area contributed by atoms with Crippen LogP contribution in [0.5, 0.6) is 0 Å². The maximum Gasteiger partial charge on any atom is 0.240 e. The molecule has 4 saturated carbocycles. The minimum Gasteiger partial charge on any atom is -0.381 e. The molecule has 3 N–H and O–H groups in total. The van der Waals surface area contributed by atoms with Gasteiger partial charge < -0.3 is 15.8 Å². The van der Waals surface area contributed by atoms with E-state index in [2.05, 4.69) is 5.32 Å². The predicted molar refractivity (Wildman–Crippen MR) is 76.0 cm³/mol. The molecule has 0 aromatic carbocycles. The van der Waals surface area contributed by atoms with Crippen molar-refractivity contribution in [2.75, 3.05) is 13.2 Å². The molecule has 112 valence electrons. The topological polar surface area (TPSA) is 64.4 Å². The lowest BCUT2D eigenvalue weighted by molar-refractivity contribution is -0.135. The van der Waals surface area contributed by atoms with E-state index in [4.69, 9.17) is 10.5 Å². The van der Waals surface area contributed by atoms with Gasteiger partial charge in [-0.25, -0.2) is 0 Å². The fraction of sp³-hybridized carbons (Fsp3) is 0.938. The lowest BCUT2D eigenvalue weighted by atomic mass is 9.53. The van der Waals surface area contributed by atoms with E-state index in [0.717, 1.165) is 17.8 Å². The number of carbonyl (C=O) groups excluding carboxylic acids is 1. The number of hydrogen-bond acceptors (Lipinski definition) is 3. The van der Waals surface area contributed by atoms with Crippen molar-refractivity contribution in [3.05, 3.63) is 0 Å². The smallest absolute Gasteiger partial charge is 0.240 e. The highest BCUT2D eigenvalue weighted by atomic mass is 16.5. The second kappa shape index (κ2) is 4.44. The molecule has 0 atom stereocenters. The van der Waals surface area contributed by atoms with E-state index < -0.39 is 5.54 Å². The molecule has 0 spiro atoms. The summed E-state index contributed by atoms with van der Waals surface area (Å²) in [6, 6.07) is 0. The van der Waals surface area contributed by atoms with Crippen LogP contribution >= 0.6 is 0 Å². The monoisotopic (exact) mass is 278 g/mol. The molecule has 4 bridgehead atoms. The third-order valence-corrected chi connectivity index (χ3v) is 6.25. The van der Waals surface area contributed by atoms with E-state index in [1.165, 1.54) is 38.5 Å². The van der Waals surface area contributed by atoms with Gasteiger partial charge in [-0.15, -0.1) is 0 Å². The van der Waals surface area contributed by atoms with Crippen molar-refractivity contribution in [1.82, 2.24) is 5.32 Å². The van der Waals surface area contributed by atoms with E-state index in [1.54, 1.807) is 0 Å². The van der Waals surface area contributed by atoms with Crippen molar-refractivity contribution in [3.8, 4) is 0 Å². The zero-order valence-corrected chi connectivity index (χ0v) is 12.2. The Labute approximate surface area is 120 Å². The Balaban J connectivity index is 1.49. The van der Waals surface area contributed by atoms with Gasteiger partial charge in [-0.2, -0.15) is 0 Å². The lowest BCUT2D eigenvalue weighted by Crippen LogP contribution is -2.66. The first-order valence-corrected chi connectivity index (χ1v) is 8.26. The van der Waals surface area contributed by atoms with Gasteiger partial charge in [0.1, 0.15) is 0 Å². The van der Waals surface area contributed by atoms with Gasteiger partial charge >= 0.3 is 0 Å². The maximum atomic E-state index is 12.7. The molecule has 5 aliphatic rings. The van der Waals surface area contributed by atoms with Gasteiger partial charge in [-0.3, -0.25) is 4.79 Å². The van der Waals surface area contributed by atoms with E-state index >= 15 is 0 Å². The van der Waals surface area contributed by atoms with Crippen LogP contribution in [0.2, 0.25) is 0 Å². The molecule has 0 aromatic heterocycles. The van der Waals surface area contributed by atoms with Gasteiger partial charge in [-0.05, 0) is 69.1 Å². The summed E-state index contributed by atoms with van der Waals surface area (Å²) in [6.45, 7) is 1.23. The summed E-state index contributed by atoms with van der Waals surface area (Å²) >= 11 is 0. The van der Waals surface area contributed by atoms with Gasteiger partial charge in [0.25, 0.3) is 0 Å². The molecule has 20 heavy (non-hydrogen) atoms. The van der Waals surface area contributed by atoms with Gasteiger partial charge in [0.05, 0.1) is 5.54 Å². The Morgan fingerprint density at radius 2 is 1.50 bits per heavy atom. The largest absolute Gasteiger partial charge is 0.381 e. The third-order valence-electron chi connectivity index (χ3n) is 6.25. The van der Waals surface area contributed by atoms with Crippen LogP contribution in [0.4, 0.5) is 0 Å². The van der Waals surface area contributed by atoms with Gasteiger partial charge in [0.15, 0.2) is 0 Å². The first kappa shape index (κ1) is 13.1. The second-order valence-corrected chi connectivity index (χ2v) is 7.92. The SMILES string of the molecule is NC1(C(=O)NC23CC4CC(CC(C4)C2)C3)CCOCC1. The summed E-state index contributed by atoms with van der Waals surface area (Å²) in [4.78, 5) is 12.7. The van der Waals surface area contributed by atoms with Crippen molar-refractivity contribution in [1.29, 1.82) is 0 Å². The Morgan fingerprint density at radius 3 is 2.00 bits per heavy atom. The first-order chi connectivity index (χ1) is 9.57. The Bertz CT molecular complexity index is 379. The van der Waals surface area contributed by atoms with Gasteiger partial charge in [-0.1, -0.05) is 0 Å². The highest BCUT2D eigenvalue weighted by Gasteiger charge is 2.52. The summed E-state index contributed by atoms with van der Waals surface area (Å²) in [5, 5.41) is 3.42. The van der Waals surface area contributed by atoms with Gasteiger partial charge in [0.2, 0.25) is 5.91 Å². The van der Waals surface area contributed by atoms with E-state index in [1.807, 2.05) is 0 Å². The van der Waals surface area contributed by atoms with Gasteiger partial charge in [0, 0.05) is 18.8 Å². The predicted octanol–water partition coefficient (Wildman–Crippen LogP) is 1.58. The number of amides is 1. The van der Waals surface area contributed by atoms with Crippen LogP contribution in [0.25, 0.3) is 0 Å². The Hall–Kier alpha value is -0.610. The average molecular weight is 278 g/mol. The minimum absolute atomic E-state index is 0.0799. The molecular weight excluding hydrogens is 252 g/mol. The van der Waals surface area contributed by atoms with Crippen LogP contribution in [0.15, 0.2) is 0 Å². The highest BCUT2D eigenvalue weighted by Crippen LogP contribution is 2.55. The number of nitrogens with one attached hydrogen (secondary N) is 1. The normalized spacial score (nSPS) is 45.4. The molecule has 4 aliphatic carbocycles. The summed E-state index contributed by atoms with van der Waals surface area (Å²) in [5.41, 5.74) is 5.73. The average Bonchev–Trinajstić information content (AvgIpc) is 2.37. The molecule has 4 nitrogen and oxygen atoms in total. The number of hydrogen-bond donors (Lipinski definition) is 2. The van der Waals surface area contributed by atoms with Crippen molar-refractivity contribution in [3.63, 3.8) is 0 Å². The van der Waals surface area contributed by atoms with Crippen LogP contribution in [-0.4, -0.2) is 30.2 Å². The fourth-order valence-electron chi connectivity index (χ4n) is 5.59. The molecule has 0 unspecified atom stereocenters. The molecule has 0 aromatic rings. The summed E-state index contributed by atoms with van der Waals surface area (Å²) in [7, 11) is 0.